The average molecular weight is 244 g/mol. The van der Waals surface area contributed by atoms with Crippen molar-refractivity contribution in [1.82, 2.24) is 0 Å². The summed E-state index contributed by atoms with van der Waals surface area (Å²) in [6.07, 6.45) is 0.0139. The minimum Gasteiger partial charge on any atom is -0.376 e. The van der Waals surface area contributed by atoms with Gasteiger partial charge in [0.2, 0.25) is 0 Å². The van der Waals surface area contributed by atoms with E-state index in [2.05, 4.69) is 6.58 Å². The highest BCUT2D eigenvalue weighted by molar-refractivity contribution is 4.98. The van der Waals surface area contributed by atoms with Crippen LogP contribution in [0, 0.1) is 0 Å². The van der Waals surface area contributed by atoms with Gasteiger partial charge >= 0.3 is 0 Å². The Morgan fingerprint density at radius 1 is 1.35 bits per heavy atom. The first kappa shape index (κ1) is 13.0. The molecule has 1 unspecified atom stereocenters. The molecule has 5 heteroatoms. The Morgan fingerprint density at radius 2 is 2.00 bits per heavy atom. The lowest BCUT2D eigenvalue weighted by molar-refractivity contribution is -0.260. The standard InChI is InChI=1S/C12H20O5/c1-5-6-7-8(14-4)9-10(11(13)15-7)17-12(2,3)16-9/h5,7-11,13H,1,6H2,2-4H3/t7-,8-,9+,10+,11?/m0/s1. The highest BCUT2D eigenvalue weighted by Gasteiger charge is 2.54. The van der Waals surface area contributed by atoms with Crippen molar-refractivity contribution in [2.24, 2.45) is 0 Å². The largest absolute Gasteiger partial charge is 0.376 e. The van der Waals surface area contributed by atoms with Crippen molar-refractivity contribution in [1.29, 1.82) is 0 Å². The van der Waals surface area contributed by atoms with E-state index < -0.39 is 18.2 Å². The van der Waals surface area contributed by atoms with Gasteiger partial charge in [-0.2, -0.15) is 0 Å². The molecule has 2 fully saturated rings. The molecule has 5 nitrogen and oxygen atoms in total. The zero-order chi connectivity index (χ0) is 12.6. The van der Waals surface area contributed by atoms with Gasteiger partial charge in [0.15, 0.2) is 12.1 Å². The fraction of sp³-hybridized carbons (Fsp3) is 0.833. The van der Waals surface area contributed by atoms with E-state index in [4.69, 9.17) is 18.9 Å². The summed E-state index contributed by atoms with van der Waals surface area (Å²) in [7, 11) is 1.60. The maximum Gasteiger partial charge on any atom is 0.184 e. The molecule has 5 atom stereocenters. The monoisotopic (exact) mass is 244 g/mol. The zero-order valence-corrected chi connectivity index (χ0v) is 10.5. The van der Waals surface area contributed by atoms with Gasteiger partial charge in [0.25, 0.3) is 0 Å². The molecule has 2 rings (SSSR count). The number of aliphatic hydroxyl groups is 1. The van der Waals surface area contributed by atoms with Gasteiger partial charge in [-0.1, -0.05) is 6.08 Å². The van der Waals surface area contributed by atoms with Crippen LogP contribution in [0.4, 0.5) is 0 Å². The van der Waals surface area contributed by atoms with Gasteiger partial charge in [0.1, 0.15) is 18.3 Å². The Bertz CT molecular complexity index is 291. The molecule has 2 saturated heterocycles. The molecule has 0 aromatic carbocycles. The van der Waals surface area contributed by atoms with E-state index in [-0.39, 0.29) is 18.3 Å². The molecule has 2 aliphatic heterocycles. The number of aliphatic hydroxyl groups excluding tert-OH is 1. The Balaban J connectivity index is 2.18. The van der Waals surface area contributed by atoms with Crippen LogP contribution in [0.5, 0.6) is 0 Å². The molecule has 98 valence electrons. The van der Waals surface area contributed by atoms with Gasteiger partial charge in [-0.3, -0.25) is 0 Å². The van der Waals surface area contributed by atoms with E-state index in [0.29, 0.717) is 6.42 Å². The van der Waals surface area contributed by atoms with Crippen LogP contribution in [0.25, 0.3) is 0 Å². The summed E-state index contributed by atoms with van der Waals surface area (Å²) in [5.74, 6) is -0.723. The average Bonchev–Trinajstić information content (AvgIpc) is 2.55. The van der Waals surface area contributed by atoms with Crippen molar-refractivity contribution < 1.29 is 24.1 Å². The Hall–Kier alpha value is -0.460. The fourth-order valence-electron chi connectivity index (χ4n) is 2.48. The molecule has 0 bridgehead atoms. The molecule has 0 amide bonds. The topological polar surface area (TPSA) is 57.2 Å². The maximum absolute atomic E-state index is 9.90. The van der Waals surface area contributed by atoms with Crippen LogP contribution >= 0.6 is 0 Å². The normalized spacial score (nSPS) is 44.4. The van der Waals surface area contributed by atoms with Crippen LogP contribution in [-0.4, -0.2) is 48.7 Å². The smallest absolute Gasteiger partial charge is 0.184 e. The number of ether oxygens (including phenoxy) is 4. The first-order valence-electron chi connectivity index (χ1n) is 5.81. The molecule has 17 heavy (non-hydrogen) atoms. The zero-order valence-electron chi connectivity index (χ0n) is 10.5. The highest BCUT2D eigenvalue weighted by atomic mass is 16.8. The molecule has 2 aliphatic rings. The molecular formula is C12H20O5. The van der Waals surface area contributed by atoms with Crippen molar-refractivity contribution in [3.63, 3.8) is 0 Å². The molecule has 0 spiro atoms. The number of methoxy groups -OCH3 is 1. The van der Waals surface area contributed by atoms with E-state index in [1.54, 1.807) is 13.2 Å². The first-order chi connectivity index (χ1) is 7.98. The van der Waals surface area contributed by atoms with Gasteiger partial charge in [0, 0.05) is 7.11 Å². The summed E-state index contributed by atoms with van der Waals surface area (Å²) in [4.78, 5) is 0. The predicted molar refractivity (Wildman–Crippen MR) is 60.3 cm³/mol. The molecule has 0 saturated carbocycles. The number of fused-ring (bicyclic) bond motifs is 1. The van der Waals surface area contributed by atoms with E-state index in [9.17, 15) is 5.11 Å². The molecule has 0 aromatic rings. The van der Waals surface area contributed by atoms with Crippen LogP contribution in [0.2, 0.25) is 0 Å². The second kappa shape index (κ2) is 4.66. The van der Waals surface area contributed by atoms with Gasteiger partial charge in [0.05, 0.1) is 6.10 Å². The first-order valence-corrected chi connectivity index (χ1v) is 5.81. The van der Waals surface area contributed by atoms with E-state index in [1.807, 2.05) is 13.8 Å². The third-order valence-electron chi connectivity index (χ3n) is 3.12. The van der Waals surface area contributed by atoms with E-state index in [1.165, 1.54) is 0 Å². The number of rotatable bonds is 3. The van der Waals surface area contributed by atoms with Crippen LogP contribution in [-0.2, 0) is 18.9 Å². The fourth-order valence-corrected chi connectivity index (χ4v) is 2.48. The Labute approximate surface area is 101 Å². The summed E-state index contributed by atoms with van der Waals surface area (Å²) in [5.41, 5.74) is 0. The Kier molecular flexibility index (Phi) is 3.56. The molecule has 0 aliphatic carbocycles. The lowest BCUT2D eigenvalue weighted by atomic mass is 9.97. The van der Waals surface area contributed by atoms with Crippen molar-refractivity contribution in [2.75, 3.05) is 7.11 Å². The SMILES string of the molecule is C=CC[C@@H]1OC(O)[C@@H]2OC(C)(C)O[C@@H]2[C@H]1OC. The van der Waals surface area contributed by atoms with Crippen molar-refractivity contribution in [3.8, 4) is 0 Å². The third-order valence-corrected chi connectivity index (χ3v) is 3.12. The predicted octanol–water partition coefficient (Wildman–Crippen LogP) is 0.815. The highest BCUT2D eigenvalue weighted by Crippen LogP contribution is 2.38. The van der Waals surface area contributed by atoms with Crippen molar-refractivity contribution >= 4 is 0 Å². The van der Waals surface area contributed by atoms with Gasteiger partial charge < -0.3 is 24.1 Å². The van der Waals surface area contributed by atoms with E-state index >= 15 is 0 Å². The third kappa shape index (κ3) is 2.39. The second-order valence-electron chi connectivity index (χ2n) is 4.85. The molecule has 1 N–H and O–H groups in total. The van der Waals surface area contributed by atoms with Crippen molar-refractivity contribution in [3.05, 3.63) is 12.7 Å². The van der Waals surface area contributed by atoms with Crippen LogP contribution in [0.1, 0.15) is 20.3 Å². The van der Waals surface area contributed by atoms with E-state index in [0.717, 1.165) is 0 Å². The van der Waals surface area contributed by atoms with Gasteiger partial charge in [-0.15, -0.1) is 6.58 Å². The van der Waals surface area contributed by atoms with Crippen molar-refractivity contribution in [2.45, 2.75) is 56.8 Å². The molecule has 0 aromatic heterocycles. The second-order valence-corrected chi connectivity index (χ2v) is 4.85. The number of hydrogen-bond donors (Lipinski definition) is 1. The summed E-state index contributed by atoms with van der Waals surface area (Å²) >= 11 is 0. The summed E-state index contributed by atoms with van der Waals surface area (Å²) in [5, 5.41) is 9.90. The van der Waals surface area contributed by atoms with Crippen LogP contribution in [0.3, 0.4) is 0 Å². The van der Waals surface area contributed by atoms with Crippen LogP contribution in [0.15, 0.2) is 12.7 Å². The Morgan fingerprint density at radius 3 is 2.59 bits per heavy atom. The molecule has 2 heterocycles. The molecule has 0 radical (unpaired) electrons. The molecular weight excluding hydrogens is 224 g/mol. The summed E-state index contributed by atoms with van der Waals surface area (Å²) in [6, 6.07) is 0. The lowest BCUT2D eigenvalue weighted by Gasteiger charge is -2.39. The summed E-state index contributed by atoms with van der Waals surface area (Å²) < 4.78 is 22.3. The quantitative estimate of drug-likeness (QED) is 0.745. The minimum absolute atomic E-state index is 0.258. The summed E-state index contributed by atoms with van der Waals surface area (Å²) in [6.45, 7) is 7.30. The van der Waals surface area contributed by atoms with Crippen LogP contribution < -0.4 is 0 Å². The lowest BCUT2D eigenvalue weighted by Crippen LogP contribution is -2.56. The maximum atomic E-state index is 9.90. The van der Waals surface area contributed by atoms with Gasteiger partial charge in [-0.05, 0) is 20.3 Å². The minimum atomic E-state index is -0.988. The van der Waals surface area contributed by atoms with Gasteiger partial charge in [-0.25, -0.2) is 0 Å². The number of hydrogen-bond acceptors (Lipinski definition) is 5.